The molecule has 3 aliphatic heterocycles. The van der Waals surface area contributed by atoms with E-state index >= 15 is 0 Å². The first kappa shape index (κ1) is 26.4. The molecule has 1 N–H and O–H groups in total. The molecule has 2 bridgehead atoms. The van der Waals surface area contributed by atoms with Gasteiger partial charge >= 0.3 is 5.97 Å². The van der Waals surface area contributed by atoms with Crippen LogP contribution >= 0.6 is 0 Å². The van der Waals surface area contributed by atoms with Gasteiger partial charge in [-0.05, 0) is 52.9 Å². The zero-order chi connectivity index (χ0) is 25.4. The van der Waals surface area contributed by atoms with Crippen molar-refractivity contribution in [1.82, 2.24) is 9.80 Å². The molecule has 8 heteroatoms. The molecule has 3 aliphatic rings. The molecule has 3 fully saturated rings. The zero-order valence-electron chi connectivity index (χ0n) is 21.2. The van der Waals surface area contributed by atoms with Crippen molar-refractivity contribution in [2.24, 2.45) is 17.8 Å². The summed E-state index contributed by atoms with van der Waals surface area (Å²) in [5.41, 5.74) is -2.06. The molecule has 8 nitrogen and oxygen atoms in total. The van der Waals surface area contributed by atoms with Crippen molar-refractivity contribution in [3.05, 3.63) is 25.3 Å². The van der Waals surface area contributed by atoms with Crippen LogP contribution in [0.3, 0.4) is 0 Å². The molecule has 2 amide bonds. The number of aliphatic hydroxyl groups is 1. The van der Waals surface area contributed by atoms with Crippen molar-refractivity contribution in [3.63, 3.8) is 0 Å². The summed E-state index contributed by atoms with van der Waals surface area (Å²) in [7, 11) is 0. The van der Waals surface area contributed by atoms with Crippen molar-refractivity contribution in [2.75, 3.05) is 19.8 Å². The number of carbonyl (C=O) groups excluding carboxylic acids is 3. The van der Waals surface area contributed by atoms with Gasteiger partial charge in [0.25, 0.3) is 0 Å². The van der Waals surface area contributed by atoms with Crippen LogP contribution in [-0.2, 0) is 23.9 Å². The highest BCUT2D eigenvalue weighted by molar-refractivity contribution is 5.98. The van der Waals surface area contributed by atoms with E-state index in [-0.39, 0.29) is 37.0 Å². The minimum Gasteiger partial charge on any atom is -0.465 e. The summed E-state index contributed by atoms with van der Waals surface area (Å²) < 4.78 is 12.2. The Bertz CT molecular complexity index is 843. The van der Waals surface area contributed by atoms with Gasteiger partial charge in [-0.1, -0.05) is 19.1 Å². The van der Waals surface area contributed by atoms with Gasteiger partial charge in [0.2, 0.25) is 11.8 Å². The number of likely N-dealkylation sites (tertiary alicyclic amines) is 1. The Labute approximate surface area is 202 Å². The lowest BCUT2D eigenvalue weighted by Crippen LogP contribution is -2.59. The van der Waals surface area contributed by atoms with Crippen LogP contribution in [0.1, 0.15) is 53.9 Å². The number of fused-ring (bicyclic) bond motifs is 1. The summed E-state index contributed by atoms with van der Waals surface area (Å²) in [6, 6.07) is -1.66. The van der Waals surface area contributed by atoms with Gasteiger partial charge in [0, 0.05) is 12.6 Å². The molecule has 0 radical (unpaired) electrons. The van der Waals surface area contributed by atoms with E-state index in [0.29, 0.717) is 19.4 Å². The van der Waals surface area contributed by atoms with E-state index in [1.54, 1.807) is 24.0 Å². The Morgan fingerprint density at radius 2 is 2.00 bits per heavy atom. The lowest BCUT2D eigenvalue weighted by molar-refractivity contribution is -0.163. The van der Waals surface area contributed by atoms with Gasteiger partial charge in [0.05, 0.1) is 30.8 Å². The molecule has 3 rings (SSSR count). The molecule has 3 saturated heterocycles. The third-order valence-corrected chi connectivity index (χ3v) is 8.01. The Morgan fingerprint density at radius 1 is 1.32 bits per heavy atom. The van der Waals surface area contributed by atoms with Crippen LogP contribution in [0, 0.1) is 17.8 Å². The number of amides is 2. The average Bonchev–Trinajstić information content (AvgIpc) is 3.30. The van der Waals surface area contributed by atoms with Crippen LogP contribution in [0.4, 0.5) is 0 Å². The molecule has 1 spiro atoms. The molecule has 0 aromatic heterocycles. The van der Waals surface area contributed by atoms with Gasteiger partial charge in [-0.15, -0.1) is 13.2 Å². The smallest absolute Gasteiger partial charge is 0.312 e. The highest BCUT2D eigenvalue weighted by Gasteiger charge is 2.80. The lowest BCUT2D eigenvalue weighted by atomic mass is 9.62. The third kappa shape index (κ3) is 3.88. The summed E-state index contributed by atoms with van der Waals surface area (Å²) in [6.07, 6.45) is 5.27. The first-order valence-corrected chi connectivity index (χ1v) is 12.3. The molecular formula is C26H40N2O6. The number of aliphatic hydroxyl groups excluding tert-OH is 1. The molecular weight excluding hydrogens is 436 g/mol. The fourth-order valence-electron chi connectivity index (χ4n) is 6.22. The Kier molecular flexibility index (Phi) is 7.63. The van der Waals surface area contributed by atoms with Crippen molar-refractivity contribution in [3.8, 4) is 0 Å². The first-order valence-electron chi connectivity index (χ1n) is 12.3. The number of allylic oxidation sites excluding steroid dienone is 1. The maximum absolute atomic E-state index is 14.0. The lowest BCUT2D eigenvalue weighted by Gasteiger charge is -2.39. The number of hydrogen-bond donors (Lipinski definition) is 1. The van der Waals surface area contributed by atoms with Gasteiger partial charge < -0.3 is 24.4 Å². The van der Waals surface area contributed by atoms with Gasteiger partial charge in [0.15, 0.2) is 0 Å². The first-order chi connectivity index (χ1) is 16.0. The molecule has 190 valence electrons. The van der Waals surface area contributed by atoms with Gasteiger partial charge in [-0.2, -0.15) is 0 Å². The van der Waals surface area contributed by atoms with Gasteiger partial charge in [-0.3, -0.25) is 14.4 Å². The second kappa shape index (κ2) is 9.82. The largest absolute Gasteiger partial charge is 0.465 e. The van der Waals surface area contributed by atoms with Crippen molar-refractivity contribution < 1.29 is 29.0 Å². The topological polar surface area (TPSA) is 96.4 Å². The second-order valence-corrected chi connectivity index (χ2v) is 10.5. The number of esters is 1. The van der Waals surface area contributed by atoms with E-state index in [4.69, 9.17) is 9.47 Å². The van der Waals surface area contributed by atoms with Crippen LogP contribution in [-0.4, -0.2) is 81.8 Å². The van der Waals surface area contributed by atoms with Crippen LogP contribution in [0.2, 0.25) is 0 Å². The monoisotopic (exact) mass is 476 g/mol. The normalized spacial score (nSPS) is 34.8. The predicted molar refractivity (Wildman–Crippen MR) is 128 cm³/mol. The quantitative estimate of drug-likeness (QED) is 0.279. The highest BCUT2D eigenvalue weighted by atomic mass is 16.6. The van der Waals surface area contributed by atoms with Gasteiger partial charge in [-0.25, -0.2) is 0 Å². The Balaban J connectivity index is 2.06. The van der Waals surface area contributed by atoms with E-state index in [0.717, 1.165) is 6.42 Å². The van der Waals surface area contributed by atoms with Crippen molar-refractivity contribution >= 4 is 17.8 Å². The molecule has 7 atom stereocenters. The summed E-state index contributed by atoms with van der Waals surface area (Å²) in [4.78, 5) is 44.4. The summed E-state index contributed by atoms with van der Waals surface area (Å²) in [6.45, 7) is 17.1. The minimum atomic E-state index is -1.15. The fourth-order valence-corrected chi connectivity index (χ4v) is 6.22. The van der Waals surface area contributed by atoms with E-state index in [1.807, 2.05) is 27.7 Å². The summed E-state index contributed by atoms with van der Waals surface area (Å²) in [5, 5.41) is 9.96. The average molecular weight is 477 g/mol. The van der Waals surface area contributed by atoms with Crippen LogP contribution in [0.15, 0.2) is 25.3 Å². The van der Waals surface area contributed by atoms with E-state index in [2.05, 4.69) is 13.2 Å². The fraction of sp³-hybridized carbons (Fsp3) is 0.731. The Morgan fingerprint density at radius 3 is 2.56 bits per heavy atom. The minimum absolute atomic E-state index is 0.0612. The van der Waals surface area contributed by atoms with Crippen LogP contribution in [0.5, 0.6) is 0 Å². The highest BCUT2D eigenvalue weighted by Crippen LogP contribution is 2.65. The standard InChI is InChI=1S/C26H40N2O6/c1-8-10-11-13-33-24(32)20-19-22(30)28(18(6)15-29)21(23(31)27(12-9-2)16(3)4)26(19)14-17(5)25(20,7)34-26/h8-9,16-21,29H,1-2,10-15H2,3-7H3/t17?,18-,19+,20+,21?,25-,26?/m1/s1. The number of hydrogen-bond acceptors (Lipinski definition) is 6. The molecule has 0 saturated carbocycles. The molecule has 3 heterocycles. The molecule has 0 aliphatic carbocycles. The maximum atomic E-state index is 14.0. The van der Waals surface area contributed by atoms with Crippen molar-refractivity contribution in [2.45, 2.75) is 83.2 Å². The van der Waals surface area contributed by atoms with Gasteiger partial charge in [0.1, 0.15) is 17.6 Å². The SMILES string of the molecule is C=CCCCOC(=O)[C@@H]1[C@H]2C(=O)N([C@H](C)CO)C(C(=O)N(CC=C)C(C)C)C23CC(C)[C@@]1(C)O3. The maximum Gasteiger partial charge on any atom is 0.312 e. The number of unbranched alkanes of at least 4 members (excludes halogenated alkanes) is 1. The zero-order valence-corrected chi connectivity index (χ0v) is 21.2. The van der Waals surface area contributed by atoms with E-state index < -0.39 is 41.1 Å². The summed E-state index contributed by atoms with van der Waals surface area (Å²) in [5.74, 6) is -2.75. The van der Waals surface area contributed by atoms with Crippen LogP contribution < -0.4 is 0 Å². The second-order valence-electron chi connectivity index (χ2n) is 10.5. The molecule has 3 unspecified atom stereocenters. The van der Waals surface area contributed by atoms with Crippen molar-refractivity contribution in [1.29, 1.82) is 0 Å². The molecule has 0 aromatic rings. The number of nitrogens with zero attached hydrogens (tertiary/aromatic N) is 2. The number of carbonyl (C=O) groups is 3. The molecule has 0 aromatic carbocycles. The number of ether oxygens (including phenoxy) is 2. The predicted octanol–water partition coefficient (Wildman–Crippen LogP) is 2.31. The summed E-state index contributed by atoms with van der Waals surface area (Å²) >= 11 is 0. The third-order valence-electron chi connectivity index (χ3n) is 8.01. The van der Waals surface area contributed by atoms with Crippen LogP contribution in [0.25, 0.3) is 0 Å². The van der Waals surface area contributed by atoms with E-state index in [1.165, 1.54) is 4.90 Å². The molecule has 34 heavy (non-hydrogen) atoms. The number of rotatable bonds is 11. The Hall–Kier alpha value is -2.19. The van der Waals surface area contributed by atoms with E-state index in [9.17, 15) is 19.5 Å².